The Labute approximate surface area is 246 Å². The van der Waals surface area contributed by atoms with Crippen molar-refractivity contribution in [3.05, 3.63) is 76.3 Å². The van der Waals surface area contributed by atoms with E-state index in [0.717, 1.165) is 52.5 Å². The average molecular weight is 556 g/mol. The Morgan fingerprint density at radius 3 is 1.85 bits per heavy atom. The van der Waals surface area contributed by atoms with Gasteiger partial charge in [-0.15, -0.1) is 15.0 Å². The molecule has 3 aromatic carbocycles. The first-order valence-corrected chi connectivity index (χ1v) is 15.5. The van der Waals surface area contributed by atoms with Gasteiger partial charge in [0.25, 0.3) is 0 Å². The van der Waals surface area contributed by atoms with Crippen LogP contribution in [-0.4, -0.2) is 25.2 Å². The van der Waals surface area contributed by atoms with Crippen LogP contribution in [0.4, 0.5) is 0 Å². The minimum Gasteiger partial charge on any atom is -0.507 e. The number of hydrogen-bond donors (Lipinski definition) is 2. The van der Waals surface area contributed by atoms with E-state index in [-0.39, 0.29) is 16.6 Å². The van der Waals surface area contributed by atoms with Crippen molar-refractivity contribution in [2.75, 3.05) is 0 Å². The van der Waals surface area contributed by atoms with Crippen molar-refractivity contribution >= 4 is 11.0 Å². The zero-order valence-electron chi connectivity index (χ0n) is 26.2. The van der Waals surface area contributed by atoms with Gasteiger partial charge in [0.2, 0.25) is 0 Å². The van der Waals surface area contributed by atoms with Crippen LogP contribution in [0.5, 0.6) is 11.5 Å². The smallest absolute Gasteiger partial charge is 0.146 e. The normalized spacial score (nSPS) is 12.4. The Balaban J connectivity index is 1.79. The molecule has 0 unspecified atom stereocenters. The number of hydrogen-bond acceptors (Lipinski definition) is 4. The van der Waals surface area contributed by atoms with Gasteiger partial charge in [-0.2, -0.15) is 0 Å². The van der Waals surface area contributed by atoms with E-state index in [4.69, 9.17) is 0 Å². The second-order valence-electron chi connectivity index (χ2n) is 13.2. The third kappa shape index (κ3) is 6.94. The van der Waals surface area contributed by atoms with Gasteiger partial charge >= 0.3 is 0 Å². The van der Waals surface area contributed by atoms with Gasteiger partial charge in [-0.3, -0.25) is 0 Å². The lowest BCUT2D eigenvalue weighted by molar-refractivity contribution is 0.399. The molecule has 0 radical (unpaired) electrons. The number of aromatic hydroxyl groups is 2. The monoisotopic (exact) mass is 555 g/mol. The Morgan fingerprint density at radius 2 is 1.27 bits per heavy atom. The molecule has 2 N–H and O–H groups in total. The standard InChI is InChI=1S/C36H49N3O2/c1-8-10-14-18-35(4,5)28-23-27(33(40)29(24-28)36(6,7)19-15-11-9-2)22-26-20-25(3)21-32(34(26)41)39-37-30-16-12-13-17-31(30)38-39/h12-13,16-17,20-21,23-24,40-41H,8-11,14-15,18-19,22H2,1-7H3. The molecule has 4 aromatic rings. The molecule has 0 atom stereocenters. The molecule has 0 spiro atoms. The zero-order chi connectivity index (χ0) is 29.8. The molecule has 0 saturated carbocycles. The highest BCUT2D eigenvalue weighted by atomic mass is 16.3. The molecule has 5 heteroatoms. The van der Waals surface area contributed by atoms with Gasteiger partial charge in [0, 0.05) is 17.5 Å². The summed E-state index contributed by atoms with van der Waals surface area (Å²) in [6.45, 7) is 15.6. The second kappa shape index (κ2) is 12.7. The number of nitrogens with zero attached hydrogens (tertiary/aromatic N) is 3. The van der Waals surface area contributed by atoms with Crippen LogP contribution in [0.15, 0.2) is 48.5 Å². The molecule has 0 amide bonds. The first kappa shape index (κ1) is 30.6. The van der Waals surface area contributed by atoms with E-state index in [0.29, 0.717) is 17.9 Å². The number of aryl methyl sites for hydroxylation is 1. The minimum absolute atomic E-state index is 0.0231. The summed E-state index contributed by atoms with van der Waals surface area (Å²) in [6, 6.07) is 16.1. The Kier molecular flexibility index (Phi) is 9.46. The van der Waals surface area contributed by atoms with E-state index in [2.05, 4.69) is 63.9 Å². The predicted octanol–water partition coefficient (Wildman–Crippen LogP) is 9.45. The number of rotatable bonds is 13. The number of phenols is 2. The minimum atomic E-state index is -0.164. The SMILES string of the molecule is CCCCCC(C)(C)c1cc(Cc2cc(C)cc(-n3nc4ccccc4n3)c2O)c(O)c(C(C)(C)CCCCC)c1. The van der Waals surface area contributed by atoms with Crippen LogP contribution in [0.3, 0.4) is 0 Å². The lowest BCUT2D eigenvalue weighted by Gasteiger charge is -2.32. The molecule has 41 heavy (non-hydrogen) atoms. The van der Waals surface area contributed by atoms with E-state index in [1.165, 1.54) is 42.5 Å². The highest BCUT2D eigenvalue weighted by Gasteiger charge is 2.30. The summed E-state index contributed by atoms with van der Waals surface area (Å²) >= 11 is 0. The Hall–Kier alpha value is -3.34. The summed E-state index contributed by atoms with van der Waals surface area (Å²) in [7, 11) is 0. The fourth-order valence-corrected chi connectivity index (χ4v) is 5.94. The summed E-state index contributed by atoms with van der Waals surface area (Å²) in [4.78, 5) is 1.52. The van der Waals surface area contributed by atoms with Gasteiger partial charge in [0.1, 0.15) is 28.2 Å². The molecule has 0 bridgehead atoms. The summed E-state index contributed by atoms with van der Waals surface area (Å²) < 4.78 is 0. The van der Waals surface area contributed by atoms with Crippen LogP contribution >= 0.6 is 0 Å². The molecule has 1 aromatic heterocycles. The van der Waals surface area contributed by atoms with E-state index in [9.17, 15) is 10.2 Å². The molecule has 0 aliphatic rings. The van der Waals surface area contributed by atoms with E-state index in [1.807, 2.05) is 43.3 Å². The molecule has 0 aliphatic heterocycles. The lowest BCUT2D eigenvalue weighted by Crippen LogP contribution is -2.22. The maximum atomic E-state index is 11.8. The average Bonchev–Trinajstić information content (AvgIpc) is 3.35. The Bertz CT molecular complexity index is 1450. The Morgan fingerprint density at radius 1 is 0.707 bits per heavy atom. The van der Waals surface area contributed by atoms with Crippen LogP contribution in [0.1, 0.15) is 121 Å². The van der Waals surface area contributed by atoms with Crippen molar-refractivity contribution in [3.8, 4) is 17.2 Å². The van der Waals surface area contributed by atoms with Gasteiger partial charge in [0.15, 0.2) is 0 Å². The van der Waals surface area contributed by atoms with E-state index >= 15 is 0 Å². The van der Waals surface area contributed by atoms with Crippen molar-refractivity contribution in [1.29, 1.82) is 0 Å². The largest absolute Gasteiger partial charge is 0.507 e. The first-order valence-electron chi connectivity index (χ1n) is 15.5. The van der Waals surface area contributed by atoms with Crippen molar-refractivity contribution in [2.45, 2.75) is 117 Å². The van der Waals surface area contributed by atoms with Gasteiger partial charge in [-0.1, -0.05) is 110 Å². The predicted molar refractivity (Wildman–Crippen MR) is 171 cm³/mol. The van der Waals surface area contributed by atoms with Crippen LogP contribution in [0, 0.1) is 6.92 Å². The summed E-state index contributed by atoms with van der Waals surface area (Å²) in [5.74, 6) is 0.497. The van der Waals surface area contributed by atoms with Crippen LogP contribution in [0.25, 0.3) is 16.7 Å². The number of unbranched alkanes of at least 4 members (excludes halogenated alkanes) is 4. The van der Waals surface area contributed by atoms with Crippen molar-refractivity contribution in [2.24, 2.45) is 0 Å². The summed E-state index contributed by atoms with van der Waals surface area (Å²) in [6.07, 6.45) is 9.64. The first-order chi connectivity index (χ1) is 19.5. The number of benzene rings is 3. The molecule has 4 rings (SSSR count). The molecule has 0 fully saturated rings. The van der Waals surface area contributed by atoms with Gasteiger partial charge < -0.3 is 10.2 Å². The third-order valence-corrected chi connectivity index (χ3v) is 8.71. The molecule has 0 saturated heterocycles. The van der Waals surface area contributed by atoms with Crippen molar-refractivity contribution < 1.29 is 10.2 Å². The third-order valence-electron chi connectivity index (χ3n) is 8.71. The topological polar surface area (TPSA) is 71.2 Å². The fraction of sp³-hybridized carbons (Fsp3) is 0.500. The highest BCUT2D eigenvalue weighted by Crippen LogP contribution is 2.43. The van der Waals surface area contributed by atoms with Gasteiger partial charge in [-0.25, -0.2) is 0 Å². The summed E-state index contributed by atoms with van der Waals surface area (Å²) in [5.41, 5.74) is 6.80. The fourth-order valence-electron chi connectivity index (χ4n) is 5.94. The lowest BCUT2D eigenvalue weighted by atomic mass is 9.73. The highest BCUT2D eigenvalue weighted by molar-refractivity contribution is 5.73. The quantitative estimate of drug-likeness (QED) is 0.161. The van der Waals surface area contributed by atoms with Crippen molar-refractivity contribution in [1.82, 2.24) is 15.0 Å². The molecule has 0 aliphatic carbocycles. The molecular formula is C36H49N3O2. The summed E-state index contributed by atoms with van der Waals surface area (Å²) in [5, 5.41) is 32.5. The molecule has 5 nitrogen and oxygen atoms in total. The van der Waals surface area contributed by atoms with E-state index < -0.39 is 0 Å². The van der Waals surface area contributed by atoms with Gasteiger partial charge in [0.05, 0.1) is 0 Å². The molecule has 220 valence electrons. The molecule has 1 heterocycles. The van der Waals surface area contributed by atoms with Crippen LogP contribution in [0.2, 0.25) is 0 Å². The van der Waals surface area contributed by atoms with E-state index in [1.54, 1.807) is 0 Å². The second-order valence-corrected chi connectivity index (χ2v) is 13.2. The number of fused-ring (bicyclic) bond motifs is 1. The number of aromatic nitrogens is 3. The van der Waals surface area contributed by atoms with Crippen molar-refractivity contribution in [3.63, 3.8) is 0 Å². The van der Waals surface area contributed by atoms with Crippen LogP contribution < -0.4 is 0 Å². The molecular weight excluding hydrogens is 506 g/mol. The van der Waals surface area contributed by atoms with Gasteiger partial charge in [-0.05, 0) is 65.5 Å². The number of phenolic OH excluding ortho intramolecular Hbond substituents is 2. The zero-order valence-corrected chi connectivity index (χ0v) is 26.2. The van der Waals surface area contributed by atoms with Crippen LogP contribution in [-0.2, 0) is 17.3 Å². The maximum Gasteiger partial charge on any atom is 0.146 e. The maximum absolute atomic E-state index is 11.8.